The molecule has 0 atom stereocenters. The van der Waals surface area contributed by atoms with Crippen LogP contribution in [0.4, 0.5) is 13.2 Å². The first kappa shape index (κ1) is 15.3. The van der Waals surface area contributed by atoms with E-state index in [0.717, 1.165) is 21.9 Å². The number of alkyl halides is 3. The zero-order chi connectivity index (χ0) is 16.6. The molecular weight excluding hydrogens is 301 g/mol. The fourth-order valence-corrected chi connectivity index (χ4v) is 2.56. The first-order valence-corrected chi connectivity index (χ1v) is 7.16. The highest BCUT2D eigenvalue weighted by Crippen LogP contribution is 2.34. The van der Waals surface area contributed by atoms with Gasteiger partial charge in [-0.3, -0.25) is 0 Å². The Bertz CT molecular complexity index is 833. The van der Waals surface area contributed by atoms with Crippen LogP contribution in [-0.4, -0.2) is 9.78 Å². The van der Waals surface area contributed by atoms with E-state index >= 15 is 0 Å². The molecule has 0 amide bonds. The predicted molar refractivity (Wildman–Crippen MR) is 83.5 cm³/mol. The Kier molecular flexibility index (Phi) is 3.72. The van der Waals surface area contributed by atoms with Crippen molar-refractivity contribution >= 4 is 0 Å². The maximum Gasteiger partial charge on any atom is 0.433 e. The summed E-state index contributed by atoms with van der Waals surface area (Å²) in [5.41, 5.74) is 2.36. The van der Waals surface area contributed by atoms with Crippen molar-refractivity contribution in [2.45, 2.75) is 20.0 Å². The zero-order valence-corrected chi connectivity index (χ0v) is 12.7. The van der Waals surface area contributed by atoms with Gasteiger partial charge in [0.15, 0.2) is 0 Å². The van der Waals surface area contributed by atoms with E-state index in [1.807, 2.05) is 19.1 Å². The molecule has 0 aliphatic carbocycles. The molecule has 2 nitrogen and oxygen atoms in total. The normalized spacial score (nSPS) is 11.7. The van der Waals surface area contributed by atoms with Crippen LogP contribution >= 0.6 is 0 Å². The van der Waals surface area contributed by atoms with Gasteiger partial charge in [0.2, 0.25) is 0 Å². The molecule has 0 saturated carbocycles. The zero-order valence-electron chi connectivity index (χ0n) is 12.7. The Morgan fingerprint density at radius 1 is 0.913 bits per heavy atom. The Labute approximate surface area is 132 Å². The van der Waals surface area contributed by atoms with Gasteiger partial charge in [0.1, 0.15) is 5.69 Å². The number of hydrogen-bond acceptors (Lipinski definition) is 1. The fraction of sp³-hybridized carbons (Fsp3) is 0.167. The maximum atomic E-state index is 13.4. The van der Waals surface area contributed by atoms with Crippen LogP contribution in [0.15, 0.2) is 54.6 Å². The molecular formula is C18H15F3N2. The molecule has 1 heterocycles. The number of halogens is 3. The highest BCUT2D eigenvalue weighted by Gasteiger charge is 2.36. The molecule has 0 bridgehead atoms. The second-order valence-corrected chi connectivity index (χ2v) is 5.48. The lowest BCUT2D eigenvalue weighted by Crippen LogP contribution is -2.14. The van der Waals surface area contributed by atoms with E-state index in [9.17, 15) is 13.2 Å². The predicted octanol–water partition coefficient (Wildman–Crippen LogP) is 5.17. The van der Waals surface area contributed by atoms with Crippen molar-refractivity contribution in [2.24, 2.45) is 0 Å². The van der Waals surface area contributed by atoms with E-state index in [1.54, 1.807) is 43.3 Å². The summed E-state index contributed by atoms with van der Waals surface area (Å²) in [7, 11) is 0. The van der Waals surface area contributed by atoms with Crippen LogP contribution in [-0.2, 0) is 6.18 Å². The van der Waals surface area contributed by atoms with E-state index in [4.69, 9.17) is 0 Å². The molecule has 3 aromatic rings. The van der Waals surface area contributed by atoms with Crippen LogP contribution in [0.3, 0.4) is 0 Å². The van der Waals surface area contributed by atoms with Gasteiger partial charge in [0, 0.05) is 5.56 Å². The van der Waals surface area contributed by atoms with E-state index in [2.05, 4.69) is 5.10 Å². The third-order valence-electron chi connectivity index (χ3n) is 3.65. The van der Waals surface area contributed by atoms with Crippen LogP contribution in [0.2, 0.25) is 0 Å². The fourth-order valence-electron chi connectivity index (χ4n) is 2.56. The second-order valence-electron chi connectivity index (χ2n) is 5.48. The lowest BCUT2D eigenvalue weighted by Gasteiger charge is -2.12. The smallest absolute Gasteiger partial charge is 0.228 e. The third-order valence-corrected chi connectivity index (χ3v) is 3.65. The second kappa shape index (κ2) is 5.57. The molecule has 0 aliphatic heterocycles. The molecule has 3 rings (SSSR count). The lowest BCUT2D eigenvalue weighted by atomic mass is 10.1. The average molecular weight is 316 g/mol. The van der Waals surface area contributed by atoms with Gasteiger partial charge in [-0.05, 0) is 31.5 Å². The first-order chi connectivity index (χ1) is 10.9. The minimum atomic E-state index is -4.47. The van der Waals surface area contributed by atoms with E-state index in [0.29, 0.717) is 16.9 Å². The summed E-state index contributed by atoms with van der Waals surface area (Å²) in [4.78, 5) is 0. The van der Waals surface area contributed by atoms with Gasteiger partial charge in [-0.25, -0.2) is 4.68 Å². The minimum Gasteiger partial charge on any atom is -0.228 e. The van der Waals surface area contributed by atoms with Crippen molar-refractivity contribution in [3.05, 3.63) is 71.4 Å². The molecule has 0 radical (unpaired) electrons. The first-order valence-electron chi connectivity index (χ1n) is 7.16. The summed E-state index contributed by atoms with van der Waals surface area (Å²) in [6.45, 7) is 3.69. The molecule has 118 valence electrons. The van der Waals surface area contributed by atoms with Gasteiger partial charge in [0.25, 0.3) is 0 Å². The Balaban J connectivity index is 2.21. The van der Waals surface area contributed by atoms with Crippen LogP contribution in [0.1, 0.15) is 16.8 Å². The van der Waals surface area contributed by atoms with Crippen molar-refractivity contribution < 1.29 is 13.2 Å². The van der Waals surface area contributed by atoms with Crippen molar-refractivity contribution in [3.63, 3.8) is 0 Å². The standard InChI is InChI=1S/C18H15F3N2/c1-12-8-9-16(13(2)10-12)23-17(18(19,20)21)11-15(22-23)14-6-4-3-5-7-14/h3-11H,1-2H3. The summed E-state index contributed by atoms with van der Waals surface area (Å²) in [6, 6.07) is 15.2. The molecule has 0 fully saturated rings. The summed E-state index contributed by atoms with van der Waals surface area (Å²) in [6.07, 6.45) is -4.47. The minimum absolute atomic E-state index is 0.304. The molecule has 1 aromatic heterocycles. The highest BCUT2D eigenvalue weighted by atomic mass is 19.4. The number of aromatic nitrogens is 2. The number of nitrogens with zero attached hydrogens (tertiary/aromatic N) is 2. The largest absolute Gasteiger partial charge is 0.433 e. The van der Waals surface area contributed by atoms with Gasteiger partial charge in [-0.2, -0.15) is 18.3 Å². The van der Waals surface area contributed by atoms with Crippen LogP contribution in [0.5, 0.6) is 0 Å². The molecule has 23 heavy (non-hydrogen) atoms. The highest BCUT2D eigenvalue weighted by molar-refractivity contribution is 5.60. The van der Waals surface area contributed by atoms with E-state index in [1.165, 1.54) is 0 Å². The van der Waals surface area contributed by atoms with Crippen LogP contribution < -0.4 is 0 Å². The monoisotopic (exact) mass is 316 g/mol. The third kappa shape index (κ3) is 2.99. The number of rotatable bonds is 2. The Hall–Kier alpha value is -2.56. The average Bonchev–Trinajstić information content (AvgIpc) is 2.93. The summed E-state index contributed by atoms with van der Waals surface area (Å²) >= 11 is 0. The Morgan fingerprint density at radius 3 is 2.22 bits per heavy atom. The summed E-state index contributed by atoms with van der Waals surface area (Å²) in [5, 5.41) is 4.20. The SMILES string of the molecule is Cc1ccc(-n2nc(-c3ccccc3)cc2C(F)(F)F)c(C)c1. The number of hydrogen-bond donors (Lipinski definition) is 0. The van der Waals surface area contributed by atoms with Crippen LogP contribution in [0.25, 0.3) is 16.9 Å². The van der Waals surface area contributed by atoms with Gasteiger partial charge in [0.05, 0.1) is 11.4 Å². The van der Waals surface area contributed by atoms with Crippen molar-refractivity contribution in [1.82, 2.24) is 9.78 Å². The quantitative estimate of drug-likeness (QED) is 0.637. The van der Waals surface area contributed by atoms with Gasteiger partial charge in [-0.1, -0.05) is 48.0 Å². The van der Waals surface area contributed by atoms with Gasteiger partial charge in [-0.15, -0.1) is 0 Å². The lowest BCUT2D eigenvalue weighted by molar-refractivity contribution is -0.142. The van der Waals surface area contributed by atoms with Crippen LogP contribution in [0, 0.1) is 13.8 Å². The summed E-state index contributed by atoms with van der Waals surface area (Å²) < 4.78 is 41.2. The number of benzene rings is 2. The molecule has 5 heteroatoms. The van der Waals surface area contributed by atoms with Crippen molar-refractivity contribution in [1.29, 1.82) is 0 Å². The molecule has 0 N–H and O–H groups in total. The van der Waals surface area contributed by atoms with Crippen molar-refractivity contribution in [3.8, 4) is 16.9 Å². The van der Waals surface area contributed by atoms with Crippen molar-refractivity contribution in [2.75, 3.05) is 0 Å². The molecule has 0 aliphatic rings. The topological polar surface area (TPSA) is 17.8 Å². The van der Waals surface area contributed by atoms with E-state index in [-0.39, 0.29) is 0 Å². The number of aryl methyl sites for hydroxylation is 2. The van der Waals surface area contributed by atoms with Gasteiger partial charge < -0.3 is 0 Å². The summed E-state index contributed by atoms with van der Waals surface area (Å²) in [5.74, 6) is 0. The molecule has 0 unspecified atom stereocenters. The Morgan fingerprint density at radius 2 is 1.61 bits per heavy atom. The molecule has 0 spiro atoms. The molecule has 0 saturated heterocycles. The molecule has 2 aromatic carbocycles. The van der Waals surface area contributed by atoms with E-state index < -0.39 is 11.9 Å². The van der Waals surface area contributed by atoms with Gasteiger partial charge >= 0.3 is 6.18 Å². The maximum absolute atomic E-state index is 13.4.